The zero-order chi connectivity index (χ0) is 27.4. The molecule has 0 fully saturated rings. The third kappa shape index (κ3) is 4.37. The molecule has 194 valence electrons. The van der Waals surface area contributed by atoms with Crippen LogP contribution < -0.4 is 4.74 Å². The van der Waals surface area contributed by atoms with Crippen molar-refractivity contribution < 1.29 is 70.6 Å². The van der Waals surface area contributed by atoms with Crippen LogP contribution in [0, 0.1) is 70.1 Å². The van der Waals surface area contributed by atoms with Crippen LogP contribution in [0.5, 0.6) is 11.5 Å². The first-order chi connectivity index (χ1) is 16.5. The van der Waals surface area contributed by atoms with E-state index in [1.165, 1.54) is 0 Å². The van der Waals surface area contributed by atoms with Crippen molar-refractivity contribution in [1.29, 1.82) is 0 Å². The van der Waals surface area contributed by atoms with Crippen LogP contribution in [-0.2, 0) is 6.18 Å². The van der Waals surface area contributed by atoms with Gasteiger partial charge in [0.05, 0.1) is 9.79 Å². The Morgan fingerprint density at radius 3 is 1.17 bits per heavy atom. The summed E-state index contributed by atoms with van der Waals surface area (Å²) in [5.74, 6) is -37.8. The smallest absolute Gasteiger partial charge is 0.422 e. The molecule has 1 heterocycles. The highest BCUT2D eigenvalue weighted by Crippen LogP contribution is 2.44. The molecule has 0 aliphatic rings. The van der Waals surface area contributed by atoms with Crippen LogP contribution in [0.25, 0.3) is 0 Å². The van der Waals surface area contributed by atoms with E-state index in [0.717, 1.165) is 0 Å². The predicted octanol–water partition coefficient (Wildman–Crippen LogP) is 7.71. The van der Waals surface area contributed by atoms with Gasteiger partial charge in [-0.3, -0.25) is 0 Å². The number of hydrogen-bond donors (Lipinski definition) is 0. The molecule has 18 heteroatoms. The summed E-state index contributed by atoms with van der Waals surface area (Å²) < 4.78 is 208. The van der Waals surface area contributed by atoms with Crippen LogP contribution in [0.1, 0.15) is 5.56 Å². The topological polar surface area (TPSA) is 22.1 Å². The molecular formula is C18F15NOS. The molecule has 3 aromatic rings. The van der Waals surface area contributed by atoms with Crippen LogP contribution in [-0.4, -0.2) is 4.98 Å². The third-order valence-electron chi connectivity index (χ3n) is 4.05. The van der Waals surface area contributed by atoms with Crippen molar-refractivity contribution in [2.75, 3.05) is 0 Å². The second-order valence-electron chi connectivity index (χ2n) is 6.23. The summed E-state index contributed by atoms with van der Waals surface area (Å²) in [7, 11) is 0. The quantitative estimate of drug-likeness (QED) is 0.185. The molecule has 0 atom stereocenters. The van der Waals surface area contributed by atoms with Crippen molar-refractivity contribution in [1.82, 2.24) is 4.98 Å². The lowest BCUT2D eigenvalue weighted by molar-refractivity contribution is -0.143. The first kappa shape index (κ1) is 27.3. The van der Waals surface area contributed by atoms with Gasteiger partial charge in [-0.15, -0.1) is 0 Å². The molecule has 0 spiro atoms. The first-order valence-electron chi connectivity index (χ1n) is 8.35. The van der Waals surface area contributed by atoms with Gasteiger partial charge in [-0.1, -0.05) is 11.8 Å². The zero-order valence-electron chi connectivity index (χ0n) is 15.9. The third-order valence-corrected chi connectivity index (χ3v) is 5.18. The van der Waals surface area contributed by atoms with Crippen molar-refractivity contribution in [2.45, 2.75) is 16.0 Å². The average molecular weight is 563 g/mol. The van der Waals surface area contributed by atoms with Crippen molar-refractivity contribution >= 4 is 11.8 Å². The molecule has 2 nitrogen and oxygen atoms in total. The maximum atomic E-state index is 14.3. The second kappa shape index (κ2) is 9.29. The Morgan fingerprint density at radius 1 is 0.472 bits per heavy atom. The number of aromatic nitrogens is 1. The Kier molecular flexibility index (Phi) is 7.04. The van der Waals surface area contributed by atoms with E-state index in [-0.39, 0.29) is 0 Å². The van der Waals surface area contributed by atoms with Crippen molar-refractivity contribution in [3.63, 3.8) is 0 Å². The summed E-state index contributed by atoms with van der Waals surface area (Å²) in [6, 6.07) is 0. The van der Waals surface area contributed by atoms with Gasteiger partial charge in [0.2, 0.25) is 34.8 Å². The molecule has 0 saturated heterocycles. The molecule has 36 heavy (non-hydrogen) atoms. The lowest BCUT2D eigenvalue weighted by atomic mass is 10.1. The highest BCUT2D eigenvalue weighted by atomic mass is 32.2. The van der Waals surface area contributed by atoms with Crippen LogP contribution in [0.4, 0.5) is 65.9 Å². The molecule has 0 radical (unpaired) electrons. The van der Waals surface area contributed by atoms with E-state index in [9.17, 15) is 65.9 Å². The Hall–Kier alpha value is -3.31. The van der Waals surface area contributed by atoms with Gasteiger partial charge in [-0.2, -0.15) is 44.5 Å². The number of alkyl halides is 3. The summed E-state index contributed by atoms with van der Waals surface area (Å²) in [5.41, 5.74) is -3.12. The Morgan fingerprint density at radius 2 is 0.806 bits per heavy atom. The van der Waals surface area contributed by atoms with Crippen LogP contribution in [0.3, 0.4) is 0 Å². The van der Waals surface area contributed by atoms with E-state index in [4.69, 9.17) is 0 Å². The minimum Gasteiger partial charge on any atom is -0.444 e. The first-order valence-corrected chi connectivity index (χ1v) is 9.16. The monoisotopic (exact) mass is 563 g/mol. The molecule has 0 aliphatic carbocycles. The highest BCUT2D eigenvalue weighted by Gasteiger charge is 2.43. The lowest BCUT2D eigenvalue weighted by Gasteiger charge is -2.16. The Labute approximate surface area is 191 Å². The van der Waals surface area contributed by atoms with Gasteiger partial charge in [0.1, 0.15) is 5.56 Å². The van der Waals surface area contributed by atoms with Crippen molar-refractivity contribution in [3.05, 3.63) is 75.6 Å². The van der Waals surface area contributed by atoms with Crippen molar-refractivity contribution in [2.24, 2.45) is 0 Å². The van der Waals surface area contributed by atoms with Gasteiger partial charge in [-0.25, -0.2) is 26.3 Å². The van der Waals surface area contributed by atoms with Gasteiger partial charge >= 0.3 is 6.18 Å². The van der Waals surface area contributed by atoms with E-state index in [1.54, 1.807) is 0 Å². The second-order valence-corrected chi connectivity index (χ2v) is 7.25. The number of ether oxygens (including phenoxy) is 1. The largest absolute Gasteiger partial charge is 0.444 e. The van der Waals surface area contributed by atoms with Gasteiger partial charge in [0.25, 0.3) is 11.9 Å². The molecule has 0 aliphatic heterocycles. The minimum atomic E-state index is -6.02. The molecule has 0 bridgehead atoms. The fraction of sp³-hybridized carbons (Fsp3) is 0.0556. The average Bonchev–Trinajstić information content (AvgIpc) is 2.78. The minimum absolute atomic E-state index is 0.967. The highest BCUT2D eigenvalue weighted by molar-refractivity contribution is 7.99. The van der Waals surface area contributed by atoms with Gasteiger partial charge in [0.15, 0.2) is 34.9 Å². The number of nitrogens with zero attached hydrogens (tertiary/aromatic N) is 1. The molecule has 2 aromatic carbocycles. The number of halogens is 15. The van der Waals surface area contributed by atoms with Crippen LogP contribution >= 0.6 is 11.8 Å². The van der Waals surface area contributed by atoms with E-state index in [0.29, 0.717) is 0 Å². The molecule has 0 N–H and O–H groups in total. The number of benzene rings is 2. The number of hydrogen-bond acceptors (Lipinski definition) is 3. The Balaban J connectivity index is 2.18. The fourth-order valence-corrected chi connectivity index (χ4v) is 3.39. The maximum Gasteiger partial charge on any atom is 0.422 e. The van der Waals surface area contributed by atoms with E-state index < -0.39 is 115 Å². The van der Waals surface area contributed by atoms with Crippen molar-refractivity contribution in [3.8, 4) is 11.5 Å². The zero-order valence-corrected chi connectivity index (χ0v) is 16.7. The van der Waals surface area contributed by atoms with E-state index >= 15 is 0 Å². The lowest BCUT2D eigenvalue weighted by Crippen LogP contribution is -2.16. The predicted molar refractivity (Wildman–Crippen MR) is 85.8 cm³/mol. The Bertz CT molecular complexity index is 1320. The van der Waals surface area contributed by atoms with E-state index in [2.05, 4.69) is 9.72 Å². The van der Waals surface area contributed by atoms with E-state index in [1.807, 2.05) is 0 Å². The summed E-state index contributed by atoms with van der Waals surface area (Å²) in [4.78, 5) is -1.83. The fourth-order valence-electron chi connectivity index (χ4n) is 2.48. The SMILES string of the molecule is Fc1nc(F)c(F)c(Sc2c(F)c(F)c(Oc3c(F)c(F)c(C(F)(F)F)c(F)c3F)c(F)c2F)c1F. The summed E-state index contributed by atoms with van der Waals surface area (Å²) in [6.07, 6.45) is -6.02. The van der Waals surface area contributed by atoms with Gasteiger partial charge < -0.3 is 4.74 Å². The van der Waals surface area contributed by atoms with Crippen LogP contribution in [0.15, 0.2) is 9.79 Å². The number of rotatable bonds is 4. The molecular weight excluding hydrogens is 563 g/mol. The molecule has 0 unspecified atom stereocenters. The molecule has 1 aromatic heterocycles. The summed E-state index contributed by atoms with van der Waals surface area (Å²) >= 11 is -0.967. The molecule has 0 saturated carbocycles. The summed E-state index contributed by atoms with van der Waals surface area (Å²) in [6.45, 7) is 0. The molecule has 3 rings (SSSR count). The number of pyridine rings is 1. The molecule has 0 amide bonds. The normalized spacial score (nSPS) is 11.9. The summed E-state index contributed by atoms with van der Waals surface area (Å²) in [5, 5.41) is 0. The van der Waals surface area contributed by atoms with Gasteiger partial charge in [0, 0.05) is 0 Å². The van der Waals surface area contributed by atoms with Crippen LogP contribution in [0.2, 0.25) is 0 Å². The maximum absolute atomic E-state index is 14.3. The standard InChI is InChI=1S/C18F15NOS/c19-2-1(18(31,32)33)3(20)5(22)12(4(2)21)35-13-6(23)8(25)14(9(26)7(13)24)36-15-10(27)16(29)34-17(30)11(15)28. The van der Waals surface area contributed by atoms with Gasteiger partial charge in [-0.05, 0) is 0 Å².